The van der Waals surface area contributed by atoms with Crippen molar-refractivity contribution in [1.82, 2.24) is 25.2 Å². The van der Waals surface area contributed by atoms with Crippen LogP contribution in [-0.2, 0) is 9.59 Å². The second kappa shape index (κ2) is 10.9. The van der Waals surface area contributed by atoms with Gasteiger partial charge in [-0.15, -0.1) is 0 Å². The molecule has 1 atom stereocenters. The van der Waals surface area contributed by atoms with Gasteiger partial charge in [-0.25, -0.2) is 9.97 Å². The van der Waals surface area contributed by atoms with E-state index in [1.165, 1.54) is 0 Å². The Labute approximate surface area is 217 Å². The summed E-state index contributed by atoms with van der Waals surface area (Å²) in [6, 6.07) is 9.71. The number of hydrogen-bond donors (Lipinski definition) is 3. The third-order valence-corrected chi connectivity index (χ3v) is 8.02. The molecule has 5 heterocycles. The van der Waals surface area contributed by atoms with Gasteiger partial charge in [0.25, 0.3) is 0 Å². The number of nitrogens with one attached hydrogen (secondary N) is 2. The molecule has 2 amide bonds. The van der Waals surface area contributed by atoms with Gasteiger partial charge in [0.1, 0.15) is 5.82 Å². The number of imidazole rings is 1. The van der Waals surface area contributed by atoms with Gasteiger partial charge < -0.3 is 25.7 Å². The maximum absolute atomic E-state index is 13.6. The number of para-hydroxylation sites is 1. The summed E-state index contributed by atoms with van der Waals surface area (Å²) in [5, 5.41) is 4.36. The third-order valence-electron chi connectivity index (χ3n) is 8.02. The smallest absolute Gasteiger partial charge is 0.226 e. The summed E-state index contributed by atoms with van der Waals surface area (Å²) >= 11 is 0. The van der Waals surface area contributed by atoms with Crippen molar-refractivity contribution in [3.05, 3.63) is 42.4 Å². The predicted molar refractivity (Wildman–Crippen MR) is 142 cm³/mol. The number of aromatic amines is 1. The van der Waals surface area contributed by atoms with Crippen LogP contribution < -0.4 is 15.8 Å². The summed E-state index contributed by atoms with van der Waals surface area (Å²) in [4.78, 5) is 40.0. The van der Waals surface area contributed by atoms with Gasteiger partial charge in [0.15, 0.2) is 0 Å². The minimum Gasteiger partial charge on any atom is -0.480 e. The number of rotatable bonds is 11. The number of carbonyl (C=O) groups is 2. The van der Waals surface area contributed by atoms with E-state index in [1.54, 1.807) is 13.3 Å². The van der Waals surface area contributed by atoms with Crippen molar-refractivity contribution in [2.45, 2.75) is 57.4 Å². The molecule has 3 saturated heterocycles. The van der Waals surface area contributed by atoms with Gasteiger partial charge in [-0.3, -0.25) is 9.59 Å². The number of fused-ring (bicyclic) bond motifs is 4. The lowest BCUT2D eigenvalue weighted by molar-refractivity contribution is -0.139. The molecule has 4 N–H and O–H groups in total. The van der Waals surface area contributed by atoms with E-state index in [1.807, 2.05) is 30.3 Å². The molecule has 9 nitrogen and oxygen atoms in total. The number of ether oxygens (including phenoxy) is 1. The number of H-pyrrole nitrogens is 1. The molecule has 2 bridgehead atoms. The highest BCUT2D eigenvalue weighted by Crippen LogP contribution is 2.41. The predicted octanol–water partition coefficient (Wildman–Crippen LogP) is 3.71. The Morgan fingerprint density at radius 2 is 1.92 bits per heavy atom. The first-order chi connectivity index (χ1) is 18.0. The van der Waals surface area contributed by atoms with Gasteiger partial charge in [0.2, 0.25) is 17.7 Å². The lowest BCUT2D eigenvalue weighted by atomic mass is 9.71. The van der Waals surface area contributed by atoms with Crippen LogP contribution in [0.15, 0.2) is 36.5 Å². The zero-order valence-corrected chi connectivity index (χ0v) is 21.5. The quantitative estimate of drug-likeness (QED) is 0.342. The lowest BCUT2D eigenvalue weighted by Gasteiger charge is -2.47. The molecule has 3 fully saturated rings. The van der Waals surface area contributed by atoms with Crippen LogP contribution in [0.2, 0.25) is 0 Å². The molecule has 0 saturated carbocycles. The molecule has 196 valence electrons. The van der Waals surface area contributed by atoms with Gasteiger partial charge in [-0.1, -0.05) is 31.0 Å². The molecule has 37 heavy (non-hydrogen) atoms. The number of primary amides is 1. The van der Waals surface area contributed by atoms with Crippen LogP contribution in [0.4, 0.5) is 0 Å². The molecule has 0 radical (unpaired) electrons. The molecule has 3 aliphatic rings. The molecule has 0 aliphatic carbocycles. The van der Waals surface area contributed by atoms with Crippen molar-refractivity contribution < 1.29 is 14.3 Å². The first kappa shape index (κ1) is 25.2. The Bertz CT molecular complexity index is 1250. The summed E-state index contributed by atoms with van der Waals surface area (Å²) in [6.07, 6.45) is 8.10. The molecular formula is C28H36N6O3. The fourth-order valence-corrected chi connectivity index (χ4v) is 5.68. The Balaban J connectivity index is 1.37. The first-order valence-corrected chi connectivity index (χ1v) is 13.3. The van der Waals surface area contributed by atoms with E-state index >= 15 is 0 Å². The van der Waals surface area contributed by atoms with Crippen LogP contribution in [0.5, 0.6) is 5.88 Å². The number of nitrogens with two attached hydrogens (primary N) is 1. The van der Waals surface area contributed by atoms with Crippen molar-refractivity contribution in [1.29, 1.82) is 0 Å². The molecule has 0 spiro atoms. The van der Waals surface area contributed by atoms with Crippen molar-refractivity contribution in [3.63, 3.8) is 0 Å². The molecule has 3 aromatic rings. The second-order valence-electron chi connectivity index (χ2n) is 10.4. The standard InChI is InChI=1S/C28H36N6O3/c1-37-26-20(17-19-7-5-6-8-21(19)32-26)23-18-30-25(31-23)22(9-3-2-4-10-24(29)35)33-27(36)28-11-14-34(15-12-28)16-13-28/h5-8,17-18,22H,2-4,9-16H2,1H3,(H2,29,35)(H,30,31)(H,33,36)/t22-/m0/s1. The van der Waals surface area contributed by atoms with E-state index in [2.05, 4.69) is 20.2 Å². The van der Waals surface area contributed by atoms with Gasteiger partial charge >= 0.3 is 0 Å². The van der Waals surface area contributed by atoms with Crippen LogP contribution in [0, 0.1) is 5.41 Å². The van der Waals surface area contributed by atoms with Gasteiger partial charge in [-0.05, 0) is 63.9 Å². The van der Waals surface area contributed by atoms with E-state index in [0.717, 1.165) is 92.6 Å². The Kier molecular flexibility index (Phi) is 7.41. The fraction of sp³-hybridized carbons (Fsp3) is 0.500. The second-order valence-corrected chi connectivity index (χ2v) is 10.4. The van der Waals surface area contributed by atoms with E-state index in [0.29, 0.717) is 12.3 Å². The fourth-order valence-electron chi connectivity index (χ4n) is 5.68. The average molecular weight is 505 g/mol. The molecule has 9 heteroatoms. The van der Waals surface area contributed by atoms with E-state index in [4.69, 9.17) is 15.5 Å². The number of carbonyl (C=O) groups excluding carboxylic acids is 2. The van der Waals surface area contributed by atoms with Crippen molar-refractivity contribution in [2.24, 2.45) is 11.1 Å². The largest absolute Gasteiger partial charge is 0.480 e. The SMILES string of the molecule is COc1nc2ccccc2cc1-c1cnc([C@H](CCCCCC(N)=O)NC(=O)C23CCN(CC2)CC3)[nH]1. The Hall–Kier alpha value is -3.46. The normalized spacial score (nSPS) is 21.6. The third kappa shape index (κ3) is 5.46. The minimum absolute atomic E-state index is 0.136. The lowest BCUT2D eigenvalue weighted by Crippen LogP contribution is -2.55. The monoisotopic (exact) mass is 504 g/mol. The van der Waals surface area contributed by atoms with Gasteiger partial charge in [0.05, 0.1) is 41.5 Å². The van der Waals surface area contributed by atoms with E-state index in [-0.39, 0.29) is 23.3 Å². The van der Waals surface area contributed by atoms with E-state index in [9.17, 15) is 9.59 Å². The number of benzene rings is 1. The summed E-state index contributed by atoms with van der Waals surface area (Å²) in [5.41, 5.74) is 7.50. The number of unbranched alkanes of at least 4 members (excludes halogenated alkanes) is 2. The van der Waals surface area contributed by atoms with Crippen LogP contribution >= 0.6 is 0 Å². The summed E-state index contributed by atoms with van der Waals surface area (Å²) < 4.78 is 5.59. The Morgan fingerprint density at radius 3 is 2.65 bits per heavy atom. The number of piperidine rings is 3. The van der Waals surface area contributed by atoms with Crippen molar-refractivity contribution in [2.75, 3.05) is 26.7 Å². The molecular weight excluding hydrogens is 468 g/mol. The first-order valence-electron chi connectivity index (χ1n) is 13.3. The van der Waals surface area contributed by atoms with Crippen LogP contribution in [0.1, 0.15) is 63.2 Å². The van der Waals surface area contributed by atoms with E-state index < -0.39 is 0 Å². The minimum atomic E-state index is -0.278. The summed E-state index contributed by atoms with van der Waals surface area (Å²) in [5.74, 6) is 1.10. The number of pyridine rings is 1. The number of nitrogens with zero attached hydrogens (tertiary/aromatic N) is 3. The molecule has 2 aromatic heterocycles. The topological polar surface area (TPSA) is 126 Å². The number of methoxy groups -OCH3 is 1. The number of hydrogen-bond acceptors (Lipinski definition) is 6. The van der Waals surface area contributed by atoms with Crippen LogP contribution in [-0.4, -0.2) is 58.4 Å². The average Bonchev–Trinajstić information content (AvgIpc) is 3.42. The highest BCUT2D eigenvalue weighted by molar-refractivity contribution is 5.85. The maximum Gasteiger partial charge on any atom is 0.226 e. The number of aromatic nitrogens is 3. The van der Waals surface area contributed by atoms with Gasteiger partial charge in [-0.2, -0.15) is 0 Å². The zero-order valence-electron chi connectivity index (χ0n) is 21.5. The van der Waals surface area contributed by atoms with Crippen molar-refractivity contribution in [3.8, 4) is 17.1 Å². The van der Waals surface area contributed by atoms with Gasteiger partial charge in [0, 0.05) is 11.8 Å². The van der Waals surface area contributed by atoms with Crippen LogP contribution in [0.3, 0.4) is 0 Å². The molecule has 6 rings (SSSR count). The molecule has 1 aromatic carbocycles. The summed E-state index contributed by atoms with van der Waals surface area (Å²) in [6.45, 7) is 2.97. The van der Waals surface area contributed by atoms with Crippen LogP contribution in [0.25, 0.3) is 22.2 Å². The van der Waals surface area contributed by atoms with Crippen molar-refractivity contribution >= 4 is 22.7 Å². The number of amides is 2. The maximum atomic E-state index is 13.6. The zero-order chi connectivity index (χ0) is 25.8. The highest BCUT2D eigenvalue weighted by Gasteiger charge is 2.45. The molecule has 3 aliphatic heterocycles. The molecule has 0 unspecified atom stereocenters. The Morgan fingerprint density at radius 1 is 1.16 bits per heavy atom. The summed E-state index contributed by atoms with van der Waals surface area (Å²) in [7, 11) is 1.61. The highest BCUT2D eigenvalue weighted by atomic mass is 16.5.